The fraction of sp³-hybridized carbons (Fsp3) is 0.167. The third-order valence-electron chi connectivity index (χ3n) is 3.65. The fourth-order valence-corrected chi connectivity index (χ4v) is 2.53. The molecular weight excluding hydrogens is 246 g/mol. The highest BCUT2D eigenvalue weighted by molar-refractivity contribution is 5.82. The molecule has 0 aliphatic carbocycles. The number of aromatic nitrogens is 1. The molecule has 0 spiro atoms. The maximum absolute atomic E-state index is 10.7. The van der Waals surface area contributed by atoms with Gasteiger partial charge in [-0.25, -0.2) is 0 Å². The van der Waals surface area contributed by atoms with Gasteiger partial charge < -0.3 is 5.11 Å². The summed E-state index contributed by atoms with van der Waals surface area (Å²) in [6.45, 7) is 2.12. The number of pyridine rings is 1. The van der Waals surface area contributed by atoms with Crippen LogP contribution >= 0.6 is 0 Å². The first kappa shape index (κ1) is 12.8. The van der Waals surface area contributed by atoms with Gasteiger partial charge in [-0.05, 0) is 35.2 Å². The molecule has 0 fully saturated rings. The number of aliphatic hydroxyl groups is 1. The molecule has 1 heterocycles. The number of aliphatic hydroxyl groups excluding tert-OH is 1. The SMILES string of the molecule is CCc1cccc(C(O)c2cccc3ncccc23)c1. The molecule has 0 bridgehead atoms. The van der Waals surface area contributed by atoms with E-state index in [2.05, 4.69) is 24.0 Å². The average molecular weight is 263 g/mol. The quantitative estimate of drug-likeness (QED) is 0.778. The van der Waals surface area contributed by atoms with Crippen molar-refractivity contribution in [3.63, 3.8) is 0 Å². The summed E-state index contributed by atoms with van der Waals surface area (Å²) in [6, 6.07) is 17.9. The average Bonchev–Trinajstić information content (AvgIpc) is 2.53. The summed E-state index contributed by atoms with van der Waals surface area (Å²) in [4.78, 5) is 4.34. The molecule has 0 amide bonds. The van der Waals surface area contributed by atoms with Crippen molar-refractivity contribution in [2.75, 3.05) is 0 Å². The lowest BCUT2D eigenvalue weighted by Gasteiger charge is -2.14. The van der Waals surface area contributed by atoms with Gasteiger partial charge in [-0.1, -0.05) is 49.4 Å². The van der Waals surface area contributed by atoms with E-state index in [1.54, 1.807) is 6.20 Å². The lowest BCUT2D eigenvalue weighted by atomic mass is 9.96. The molecule has 0 radical (unpaired) electrons. The molecule has 0 aliphatic rings. The molecule has 1 atom stereocenters. The summed E-state index contributed by atoms with van der Waals surface area (Å²) < 4.78 is 0. The maximum Gasteiger partial charge on any atom is 0.105 e. The largest absolute Gasteiger partial charge is 0.384 e. The minimum atomic E-state index is -0.616. The molecule has 20 heavy (non-hydrogen) atoms. The van der Waals surface area contributed by atoms with E-state index < -0.39 is 6.10 Å². The summed E-state index contributed by atoms with van der Waals surface area (Å²) in [6.07, 6.45) is 2.13. The lowest BCUT2D eigenvalue weighted by molar-refractivity contribution is 0.222. The van der Waals surface area contributed by atoms with E-state index in [1.807, 2.05) is 42.5 Å². The number of hydrogen-bond acceptors (Lipinski definition) is 2. The van der Waals surface area contributed by atoms with Gasteiger partial charge in [-0.2, -0.15) is 0 Å². The van der Waals surface area contributed by atoms with Crippen molar-refractivity contribution in [3.8, 4) is 0 Å². The molecule has 3 aromatic rings. The van der Waals surface area contributed by atoms with Gasteiger partial charge in [0.15, 0.2) is 0 Å². The Balaban J connectivity index is 2.10. The van der Waals surface area contributed by atoms with E-state index in [1.165, 1.54) is 5.56 Å². The van der Waals surface area contributed by atoms with Gasteiger partial charge in [-0.15, -0.1) is 0 Å². The summed E-state index contributed by atoms with van der Waals surface area (Å²) in [5.74, 6) is 0. The van der Waals surface area contributed by atoms with Crippen LogP contribution in [0.15, 0.2) is 60.8 Å². The first-order valence-corrected chi connectivity index (χ1v) is 6.90. The second kappa shape index (κ2) is 5.43. The van der Waals surface area contributed by atoms with Crippen molar-refractivity contribution in [2.24, 2.45) is 0 Å². The van der Waals surface area contributed by atoms with Crippen molar-refractivity contribution in [1.29, 1.82) is 0 Å². The van der Waals surface area contributed by atoms with Gasteiger partial charge in [0, 0.05) is 11.6 Å². The van der Waals surface area contributed by atoms with Crippen molar-refractivity contribution in [1.82, 2.24) is 4.98 Å². The lowest BCUT2D eigenvalue weighted by Crippen LogP contribution is -2.01. The van der Waals surface area contributed by atoms with Crippen LogP contribution in [-0.4, -0.2) is 10.1 Å². The Kier molecular flexibility index (Phi) is 3.48. The van der Waals surface area contributed by atoms with Crippen LogP contribution in [0, 0.1) is 0 Å². The van der Waals surface area contributed by atoms with Gasteiger partial charge in [0.2, 0.25) is 0 Å². The van der Waals surface area contributed by atoms with Crippen molar-refractivity contribution >= 4 is 10.9 Å². The minimum absolute atomic E-state index is 0.616. The van der Waals surface area contributed by atoms with Crippen LogP contribution in [-0.2, 0) is 6.42 Å². The number of aryl methyl sites for hydroxylation is 1. The number of rotatable bonds is 3. The molecule has 1 aromatic heterocycles. The predicted octanol–water partition coefficient (Wildman–Crippen LogP) is 3.88. The van der Waals surface area contributed by atoms with Crippen molar-refractivity contribution in [3.05, 3.63) is 77.5 Å². The van der Waals surface area contributed by atoms with Gasteiger partial charge in [0.05, 0.1) is 5.52 Å². The first-order chi connectivity index (χ1) is 9.79. The van der Waals surface area contributed by atoms with Crippen LogP contribution in [0.3, 0.4) is 0 Å². The van der Waals surface area contributed by atoms with Gasteiger partial charge >= 0.3 is 0 Å². The molecule has 3 rings (SSSR count). The molecule has 2 aromatic carbocycles. The highest BCUT2D eigenvalue weighted by Gasteiger charge is 2.13. The Morgan fingerprint density at radius 3 is 2.75 bits per heavy atom. The third kappa shape index (κ3) is 2.30. The number of benzene rings is 2. The molecule has 1 N–H and O–H groups in total. The Morgan fingerprint density at radius 1 is 1.05 bits per heavy atom. The molecule has 0 saturated heterocycles. The molecule has 0 saturated carbocycles. The first-order valence-electron chi connectivity index (χ1n) is 6.90. The molecule has 2 heteroatoms. The molecule has 100 valence electrons. The monoisotopic (exact) mass is 263 g/mol. The van der Waals surface area contributed by atoms with Crippen molar-refractivity contribution in [2.45, 2.75) is 19.4 Å². The number of nitrogens with zero attached hydrogens (tertiary/aromatic N) is 1. The molecule has 1 unspecified atom stereocenters. The van der Waals surface area contributed by atoms with E-state index in [4.69, 9.17) is 0 Å². The molecular formula is C18H17NO. The van der Waals surface area contributed by atoms with Crippen LogP contribution in [0.4, 0.5) is 0 Å². The van der Waals surface area contributed by atoms with Crippen LogP contribution in [0.1, 0.15) is 29.7 Å². The van der Waals surface area contributed by atoms with E-state index in [9.17, 15) is 5.11 Å². The Hall–Kier alpha value is -2.19. The second-order valence-corrected chi connectivity index (χ2v) is 4.92. The van der Waals surface area contributed by atoms with Gasteiger partial charge in [-0.3, -0.25) is 4.98 Å². The number of hydrogen-bond donors (Lipinski definition) is 1. The summed E-state index contributed by atoms with van der Waals surface area (Å²) >= 11 is 0. The van der Waals surface area contributed by atoms with Crippen LogP contribution in [0.25, 0.3) is 10.9 Å². The topological polar surface area (TPSA) is 33.1 Å². The zero-order valence-corrected chi connectivity index (χ0v) is 11.5. The summed E-state index contributed by atoms with van der Waals surface area (Å²) in [5, 5.41) is 11.7. The van der Waals surface area contributed by atoms with E-state index >= 15 is 0 Å². The number of fused-ring (bicyclic) bond motifs is 1. The molecule has 0 aliphatic heterocycles. The fourth-order valence-electron chi connectivity index (χ4n) is 2.53. The summed E-state index contributed by atoms with van der Waals surface area (Å²) in [7, 11) is 0. The van der Waals surface area contributed by atoms with E-state index in [-0.39, 0.29) is 0 Å². The van der Waals surface area contributed by atoms with Crippen LogP contribution < -0.4 is 0 Å². The highest BCUT2D eigenvalue weighted by atomic mass is 16.3. The van der Waals surface area contributed by atoms with Crippen LogP contribution in [0.5, 0.6) is 0 Å². The van der Waals surface area contributed by atoms with E-state index in [0.717, 1.165) is 28.5 Å². The molecule has 2 nitrogen and oxygen atoms in total. The Labute approximate surface area is 118 Å². The minimum Gasteiger partial charge on any atom is -0.384 e. The van der Waals surface area contributed by atoms with Crippen molar-refractivity contribution < 1.29 is 5.11 Å². The Bertz CT molecular complexity index is 731. The Morgan fingerprint density at radius 2 is 1.90 bits per heavy atom. The van der Waals surface area contributed by atoms with Gasteiger partial charge in [0.25, 0.3) is 0 Å². The second-order valence-electron chi connectivity index (χ2n) is 4.92. The zero-order valence-electron chi connectivity index (χ0n) is 11.5. The maximum atomic E-state index is 10.7. The van der Waals surface area contributed by atoms with Gasteiger partial charge in [0.1, 0.15) is 6.10 Å². The third-order valence-corrected chi connectivity index (χ3v) is 3.65. The zero-order chi connectivity index (χ0) is 13.9. The predicted molar refractivity (Wildman–Crippen MR) is 81.6 cm³/mol. The summed E-state index contributed by atoms with van der Waals surface area (Å²) in [5.41, 5.74) is 3.99. The van der Waals surface area contributed by atoms with Crippen LogP contribution in [0.2, 0.25) is 0 Å². The highest BCUT2D eigenvalue weighted by Crippen LogP contribution is 2.28. The van der Waals surface area contributed by atoms with E-state index in [0.29, 0.717) is 0 Å². The normalized spacial score (nSPS) is 12.5. The standard InChI is InChI=1S/C18H17NO/c1-2-13-6-3-7-14(12-13)18(20)16-8-4-10-17-15(16)9-5-11-19-17/h3-12,18,20H,2H2,1H3. The smallest absolute Gasteiger partial charge is 0.105 e.